The van der Waals surface area contributed by atoms with E-state index in [9.17, 15) is 9.59 Å². The number of ether oxygens (including phenoxy) is 1. The van der Waals surface area contributed by atoms with Crippen molar-refractivity contribution in [3.05, 3.63) is 63.8 Å². The Hall–Kier alpha value is -2.97. The monoisotopic (exact) mass is 438 g/mol. The second-order valence-electron chi connectivity index (χ2n) is 7.88. The lowest BCUT2D eigenvalue weighted by molar-refractivity contribution is -0.117. The predicted octanol–water partition coefficient (Wildman–Crippen LogP) is 3.53. The second-order valence-corrected chi connectivity index (χ2v) is 9.17. The standard InChI is InChI=1S/C23H26N4O3S/c1-15-12-26(13-16(2)30-15)19-7-5-18(6-8-19)24-22(28)14-27-23(29)11-9-20(25-27)21-10-4-17(3)31-21/h4-11,15-16H,12-14H2,1-3H3,(H,24,28). The summed E-state index contributed by atoms with van der Waals surface area (Å²) >= 11 is 1.60. The highest BCUT2D eigenvalue weighted by Gasteiger charge is 2.22. The molecule has 0 bridgehead atoms. The molecule has 1 saturated heterocycles. The third-order valence-corrected chi connectivity index (χ3v) is 6.11. The molecule has 1 amide bonds. The number of rotatable bonds is 5. The quantitative estimate of drug-likeness (QED) is 0.660. The van der Waals surface area contributed by atoms with Crippen molar-refractivity contribution in [1.82, 2.24) is 9.78 Å². The Morgan fingerprint density at radius 3 is 2.45 bits per heavy atom. The summed E-state index contributed by atoms with van der Waals surface area (Å²) in [5, 5.41) is 7.21. The van der Waals surface area contributed by atoms with E-state index < -0.39 is 0 Å². The van der Waals surface area contributed by atoms with Crippen LogP contribution in [0, 0.1) is 6.92 Å². The molecule has 2 atom stereocenters. The molecule has 162 valence electrons. The van der Waals surface area contributed by atoms with Crippen molar-refractivity contribution in [2.24, 2.45) is 0 Å². The van der Waals surface area contributed by atoms with Crippen molar-refractivity contribution < 1.29 is 9.53 Å². The number of amides is 1. The third-order valence-electron chi connectivity index (χ3n) is 5.09. The lowest BCUT2D eigenvalue weighted by Gasteiger charge is -2.36. The first-order valence-corrected chi connectivity index (χ1v) is 11.1. The maximum absolute atomic E-state index is 12.5. The number of carbonyl (C=O) groups is 1. The largest absolute Gasteiger partial charge is 0.372 e. The molecule has 1 aliphatic heterocycles. The Balaban J connectivity index is 1.41. The van der Waals surface area contributed by atoms with E-state index in [0.717, 1.165) is 28.5 Å². The lowest BCUT2D eigenvalue weighted by Crippen LogP contribution is -2.45. The highest BCUT2D eigenvalue weighted by Crippen LogP contribution is 2.25. The zero-order valence-electron chi connectivity index (χ0n) is 17.9. The Kier molecular flexibility index (Phi) is 6.20. The van der Waals surface area contributed by atoms with E-state index in [2.05, 4.69) is 29.2 Å². The summed E-state index contributed by atoms with van der Waals surface area (Å²) in [5.74, 6) is -0.296. The van der Waals surface area contributed by atoms with Gasteiger partial charge in [-0.2, -0.15) is 5.10 Å². The van der Waals surface area contributed by atoms with Gasteiger partial charge in [0, 0.05) is 35.4 Å². The fourth-order valence-electron chi connectivity index (χ4n) is 3.75. The van der Waals surface area contributed by atoms with Crippen molar-refractivity contribution in [3.8, 4) is 10.6 Å². The summed E-state index contributed by atoms with van der Waals surface area (Å²) < 4.78 is 6.99. The van der Waals surface area contributed by atoms with E-state index in [0.29, 0.717) is 11.4 Å². The molecule has 2 unspecified atom stereocenters. The molecule has 1 N–H and O–H groups in total. The first-order chi connectivity index (χ1) is 14.9. The number of anilines is 2. The SMILES string of the molecule is Cc1ccc(-c2ccc(=O)n(CC(=O)Nc3ccc(N4CC(C)OC(C)C4)cc3)n2)s1. The molecular formula is C23H26N4O3S. The van der Waals surface area contributed by atoms with E-state index in [-0.39, 0.29) is 30.2 Å². The number of hydrogen-bond acceptors (Lipinski definition) is 6. The molecule has 0 aliphatic carbocycles. The minimum atomic E-state index is -0.307. The molecule has 1 aromatic carbocycles. The van der Waals surface area contributed by atoms with Crippen molar-refractivity contribution >= 4 is 28.6 Å². The van der Waals surface area contributed by atoms with Gasteiger partial charge in [0.2, 0.25) is 5.91 Å². The number of benzene rings is 1. The minimum absolute atomic E-state index is 0.142. The molecule has 3 aromatic rings. The van der Waals surface area contributed by atoms with Crippen LogP contribution in [-0.4, -0.2) is 41.0 Å². The van der Waals surface area contributed by atoms with Crippen LogP contribution >= 0.6 is 11.3 Å². The van der Waals surface area contributed by atoms with Crippen molar-refractivity contribution in [2.45, 2.75) is 39.5 Å². The van der Waals surface area contributed by atoms with Crippen LogP contribution in [0.3, 0.4) is 0 Å². The lowest BCUT2D eigenvalue weighted by atomic mass is 10.2. The zero-order valence-corrected chi connectivity index (χ0v) is 18.7. The molecule has 1 aliphatic rings. The molecule has 2 aromatic heterocycles. The number of morpholine rings is 1. The van der Waals surface area contributed by atoms with Gasteiger partial charge in [-0.1, -0.05) is 0 Å². The fourth-order valence-corrected chi connectivity index (χ4v) is 4.58. The van der Waals surface area contributed by atoms with E-state index >= 15 is 0 Å². The fraction of sp³-hybridized carbons (Fsp3) is 0.348. The van der Waals surface area contributed by atoms with E-state index in [1.165, 1.54) is 10.7 Å². The number of thiophene rings is 1. The summed E-state index contributed by atoms with van der Waals surface area (Å²) in [7, 11) is 0. The molecule has 31 heavy (non-hydrogen) atoms. The van der Waals surface area contributed by atoms with Gasteiger partial charge in [0.15, 0.2) is 0 Å². The van der Waals surface area contributed by atoms with Crippen LogP contribution in [0.4, 0.5) is 11.4 Å². The van der Waals surface area contributed by atoms with Gasteiger partial charge in [-0.05, 0) is 63.2 Å². The summed E-state index contributed by atoms with van der Waals surface area (Å²) in [6.45, 7) is 7.69. The Morgan fingerprint density at radius 2 is 1.81 bits per heavy atom. The summed E-state index contributed by atoms with van der Waals surface area (Å²) in [4.78, 5) is 29.1. The first kappa shape index (κ1) is 21.3. The summed E-state index contributed by atoms with van der Waals surface area (Å²) in [6, 6.07) is 14.8. The number of carbonyl (C=O) groups excluding carboxylic acids is 1. The van der Waals surface area contributed by atoms with Gasteiger partial charge in [-0.3, -0.25) is 9.59 Å². The normalized spacial score (nSPS) is 18.7. The van der Waals surface area contributed by atoms with E-state index in [4.69, 9.17) is 4.74 Å². The van der Waals surface area contributed by atoms with Gasteiger partial charge < -0.3 is 15.0 Å². The molecular weight excluding hydrogens is 412 g/mol. The molecule has 7 nitrogen and oxygen atoms in total. The molecule has 1 fully saturated rings. The van der Waals surface area contributed by atoms with Crippen molar-refractivity contribution in [1.29, 1.82) is 0 Å². The number of aryl methyl sites for hydroxylation is 1. The number of aromatic nitrogens is 2. The van der Waals surface area contributed by atoms with Crippen LogP contribution in [0.25, 0.3) is 10.6 Å². The Labute approximate surface area is 185 Å². The number of nitrogens with one attached hydrogen (secondary N) is 1. The van der Waals surface area contributed by atoms with Gasteiger partial charge >= 0.3 is 0 Å². The van der Waals surface area contributed by atoms with Crippen LogP contribution in [0.15, 0.2) is 53.3 Å². The Bertz CT molecular complexity index is 1110. The van der Waals surface area contributed by atoms with Gasteiger partial charge in [0.25, 0.3) is 5.56 Å². The summed E-state index contributed by atoms with van der Waals surface area (Å²) in [5.41, 5.74) is 2.15. The van der Waals surface area contributed by atoms with E-state index in [1.54, 1.807) is 17.4 Å². The maximum Gasteiger partial charge on any atom is 0.267 e. The minimum Gasteiger partial charge on any atom is -0.372 e. The molecule has 0 radical (unpaired) electrons. The third kappa shape index (κ3) is 5.21. The average Bonchev–Trinajstić information content (AvgIpc) is 3.16. The van der Waals surface area contributed by atoms with Crippen molar-refractivity contribution in [3.63, 3.8) is 0 Å². The smallest absolute Gasteiger partial charge is 0.267 e. The second kappa shape index (κ2) is 9.03. The first-order valence-electron chi connectivity index (χ1n) is 10.3. The molecule has 0 spiro atoms. The molecule has 3 heterocycles. The molecule has 8 heteroatoms. The van der Waals surface area contributed by atoms with Crippen LogP contribution in [0.5, 0.6) is 0 Å². The highest BCUT2D eigenvalue weighted by molar-refractivity contribution is 7.15. The average molecular weight is 439 g/mol. The predicted molar refractivity (Wildman–Crippen MR) is 124 cm³/mol. The van der Waals surface area contributed by atoms with Crippen LogP contribution in [0.2, 0.25) is 0 Å². The van der Waals surface area contributed by atoms with Crippen LogP contribution < -0.4 is 15.8 Å². The molecule has 0 saturated carbocycles. The van der Waals surface area contributed by atoms with Gasteiger partial charge in [-0.25, -0.2) is 4.68 Å². The van der Waals surface area contributed by atoms with Gasteiger partial charge in [-0.15, -0.1) is 11.3 Å². The number of hydrogen-bond donors (Lipinski definition) is 1. The van der Waals surface area contributed by atoms with Crippen LogP contribution in [-0.2, 0) is 16.1 Å². The van der Waals surface area contributed by atoms with Gasteiger partial charge in [0.05, 0.1) is 17.1 Å². The van der Waals surface area contributed by atoms with Crippen molar-refractivity contribution in [2.75, 3.05) is 23.3 Å². The molecule has 4 rings (SSSR count). The van der Waals surface area contributed by atoms with E-state index in [1.807, 2.05) is 43.3 Å². The zero-order chi connectivity index (χ0) is 22.0. The maximum atomic E-state index is 12.5. The number of nitrogens with zero attached hydrogens (tertiary/aromatic N) is 3. The van der Waals surface area contributed by atoms with Crippen LogP contribution in [0.1, 0.15) is 18.7 Å². The van der Waals surface area contributed by atoms with Gasteiger partial charge in [0.1, 0.15) is 12.2 Å². The Morgan fingerprint density at radius 1 is 1.10 bits per heavy atom. The highest BCUT2D eigenvalue weighted by atomic mass is 32.1. The topological polar surface area (TPSA) is 76.5 Å². The summed E-state index contributed by atoms with van der Waals surface area (Å²) in [6.07, 6.45) is 0.366.